The van der Waals surface area contributed by atoms with Crippen LogP contribution in [0.5, 0.6) is 11.5 Å². The van der Waals surface area contributed by atoms with Crippen molar-refractivity contribution in [2.24, 2.45) is 20.9 Å². The highest BCUT2D eigenvalue weighted by molar-refractivity contribution is 6.25. The second kappa shape index (κ2) is 6.74. The van der Waals surface area contributed by atoms with Crippen molar-refractivity contribution < 1.29 is 14.3 Å². The minimum absolute atomic E-state index is 0.227. The summed E-state index contributed by atoms with van der Waals surface area (Å²) < 4.78 is 10.7. The number of fused-ring (bicyclic) bond motifs is 1. The number of nitrogens with zero attached hydrogens (tertiary/aromatic N) is 4. The van der Waals surface area contributed by atoms with E-state index < -0.39 is 5.92 Å². The van der Waals surface area contributed by atoms with E-state index >= 15 is 0 Å². The molecular formula is C19H20N4O3. The molecule has 1 atom stereocenters. The summed E-state index contributed by atoms with van der Waals surface area (Å²) in [7, 11) is 3.18. The molecule has 1 fully saturated rings. The van der Waals surface area contributed by atoms with Crippen molar-refractivity contribution in [3.8, 4) is 11.5 Å². The number of ether oxygens (including phenoxy) is 2. The fraction of sp³-hybridized carbons (Fsp3) is 0.368. The summed E-state index contributed by atoms with van der Waals surface area (Å²) in [6, 6.07) is 5.58. The van der Waals surface area contributed by atoms with E-state index in [-0.39, 0.29) is 5.91 Å². The largest absolute Gasteiger partial charge is 0.493 e. The third kappa shape index (κ3) is 2.79. The zero-order chi connectivity index (χ0) is 18.1. The van der Waals surface area contributed by atoms with Crippen molar-refractivity contribution >= 4 is 29.5 Å². The molecule has 3 heterocycles. The molecule has 4 rings (SSSR count). The van der Waals surface area contributed by atoms with E-state index in [0.29, 0.717) is 23.3 Å². The predicted molar refractivity (Wildman–Crippen MR) is 100 cm³/mol. The van der Waals surface area contributed by atoms with Gasteiger partial charge in [-0.25, -0.2) is 4.99 Å². The summed E-state index contributed by atoms with van der Waals surface area (Å²) >= 11 is 0. The van der Waals surface area contributed by atoms with E-state index in [1.807, 2.05) is 29.2 Å². The molecule has 0 N–H and O–H groups in total. The van der Waals surface area contributed by atoms with Gasteiger partial charge in [0.1, 0.15) is 11.8 Å². The Bertz CT molecular complexity index is 864. The second-order valence-electron chi connectivity index (χ2n) is 6.32. The molecule has 1 aromatic carbocycles. The monoisotopic (exact) mass is 352 g/mol. The van der Waals surface area contributed by atoms with Crippen LogP contribution in [0.4, 0.5) is 0 Å². The quantitative estimate of drug-likeness (QED) is 0.835. The first kappa shape index (κ1) is 16.5. The van der Waals surface area contributed by atoms with Gasteiger partial charge in [0.15, 0.2) is 11.5 Å². The fourth-order valence-corrected chi connectivity index (χ4v) is 3.47. The van der Waals surface area contributed by atoms with E-state index in [2.05, 4.69) is 15.0 Å². The highest BCUT2D eigenvalue weighted by Crippen LogP contribution is 2.36. The van der Waals surface area contributed by atoms with Crippen LogP contribution in [0.25, 0.3) is 5.57 Å². The minimum atomic E-state index is -0.579. The maximum absolute atomic E-state index is 12.8. The number of dihydropyridines is 1. The number of carbonyl (C=O) groups is 1. The lowest BCUT2D eigenvalue weighted by Crippen LogP contribution is -2.36. The lowest BCUT2D eigenvalue weighted by Gasteiger charge is -2.26. The summed E-state index contributed by atoms with van der Waals surface area (Å²) in [5.74, 6) is 1.43. The average molecular weight is 352 g/mol. The minimum Gasteiger partial charge on any atom is -0.493 e. The number of benzene rings is 1. The standard InChI is InChI=1S/C19H20N4O3/c1-25-14-6-5-12(11-15(14)26-2)13-7-8-20-17-16(13)18(24)22-19(21-17)23-9-3-4-10-23/h5-8,11,16H,3-4,9-10H2,1-2H3. The zero-order valence-corrected chi connectivity index (χ0v) is 14.8. The number of hydrogen-bond acceptors (Lipinski definition) is 6. The molecule has 3 aliphatic rings. The first-order valence-electron chi connectivity index (χ1n) is 8.64. The number of aliphatic imine (C=N–C) groups is 3. The highest BCUT2D eigenvalue weighted by atomic mass is 16.5. The number of rotatable bonds is 3. The van der Waals surface area contributed by atoms with Crippen molar-refractivity contribution in [1.29, 1.82) is 0 Å². The van der Waals surface area contributed by atoms with Crippen molar-refractivity contribution in [2.45, 2.75) is 12.8 Å². The molecule has 3 aliphatic heterocycles. The fourth-order valence-electron chi connectivity index (χ4n) is 3.47. The maximum atomic E-state index is 12.8. The van der Waals surface area contributed by atoms with Crippen LogP contribution in [-0.2, 0) is 4.79 Å². The van der Waals surface area contributed by atoms with Crippen molar-refractivity contribution in [3.63, 3.8) is 0 Å². The molecule has 134 valence electrons. The number of methoxy groups -OCH3 is 2. The lowest BCUT2D eigenvalue weighted by atomic mass is 9.88. The Hall–Kier alpha value is -2.96. The molecule has 1 aromatic rings. The number of guanidine groups is 1. The Labute approximate surface area is 151 Å². The van der Waals surface area contributed by atoms with Crippen molar-refractivity contribution in [2.75, 3.05) is 27.3 Å². The molecular weight excluding hydrogens is 332 g/mol. The molecule has 26 heavy (non-hydrogen) atoms. The summed E-state index contributed by atoms with van der Waals surface area (Å²) in [5, 5.41) is 0. The zero-order valence-electron chi connectivity index (χ0n) is 14.8. The van der Waals surface area contributed by atoms with Crippen LogP contribution in [0, 0.1) is 5.92 Å². The topological polar surface area (TPSA) is 75.9 Å². The number of likely N-dealkylation sites (tertiary alicyclic amines) is 1. The number of allylic oxidation sites excluding steroid dienone is 1. The van der Waals surface area contributed by atoms with E-state index in [9.17, 15) is 4.79 Å². The smallest absolute Gasteiger partial charge is 0.264 e. The first-order valence-corrected chi connectivity index (χ1v) is 8.64. The first-order chi connectivity index (χ1) is 12.7. The van der Waals surface area contributed by atoms with Gasteiger partial charge in [-0.1, -0.05) is 6.07 Å². The highest BCUT2D eigenvalue weighted by Gasteiger charge is 2.36. The molecule has 0 bridgehead atoms. The number of amidine groups is 1. The van der Waals surface area contributed by atoms with Crippen LogP contribution < -0.4 is 9.47 Å². The number of hydrogen-bond donors (Lipinski definition) is 0. The van der Waals surface area contributed by atoms with Gasteiger partial charge in [0.25, 0.3) is 5.91 Å². The van der Waals surface area contributed by atoms with Gasteiger partial charge >= 0.3 is 0 Å². The molecule has 1 amide bonds. The molecule has 7 nitrogen and oxygen atoms in total. The van der Waals surface area contributed by atoms with Gasteiger partial charge in [0.05, 0.1) is 14.2 Å². The van der Waals surface area contributed by atoms with Gasteiger partial charge in [-0.2, -0.15) is 9.98 Å². The Morgan fingerprint density at radius 2 is 1.85 bits per heavy atom. The molecule has 0 aromatic heterocycles. The molecule has 1 saturated heterocycles. The van der Waals surface area contributed by atoms with Crippen LogP contribution in [0.15, 0.2) is 39.3 Å². The third-order valence-corrected chi connectivity index (χ3v) is 4.81. The van der Waals surface area contributed by atoms with E-state index in [4.69, 9.17) is 9.47 Å². The van der Waals surface area contributed by atoms with Crippen LogP contribution >= 0.6 is 0 Å². The van der Waals surface area contributed by atoms with E-state index in [1.165, 1.54) is 0 Å². The van der Waals surface area contributed by atoms with Crippen molar-refractivity contribution in [1.82, 2.24) is 4.90 Å². The van der Waals surface area contributed by atoms with Crippen LogP contribution in [0.3, 0.4) is 0 Å². The summed E-state index contributed by atoms with van der Waals surface area (Å²) in [4.78, 5) is 28.0. The van der Waals surface area contributed by atoms with E-state index in [1.54, 1.807) is 20.4 Å². The summed E-state index contributed by atoms with van der Waals surface area (Å²) in [6.07, 6.45) is 5.71. The van der Waals surface area contributed by atoms with Gasteiger partial charge in [-0.05, 0) is 42.2 Å². The van der Waals surface area contributed by atoms with Gasteiger partial charge in [-0.15, -0.1) is 0 Å². The predicted octanol–water partition coefficient (Wildman–Crippen LogP) is 2.18. The van der Waals surface area contributed by atoms with Gasteiger partial charge in [0.2, 0.25) is 5.96 Å². The van der Waals surface area contributed by atoms with Gasteiger partial charge in [0, 0.05) is 19.3 Å². The Morgan fingerprint density at radius 3 is 2.58 bits per heavy atom. The number of carbonyl (C=O) groups excluding carboxylic acids is 1. The molecule has 7 heteroatoms. The van der Waals surface area contributed by atoms with Gasteiger partial charge in [-0.3, -0.25) is 4.79 Å². The SMILES string of the molecule is COc1ccc(C2=CC=NC3=NC(N4CCCC4)=NC(=O)C23)cc1OC. The third-order valence-electron chi connectivity index (χ3n) is 4.81. The summed E-state index contributed by atoms with van der Waals surface area (Å²) in [5.41, 5.74) is 1.67. The number of amides is 1. The van der Waals surface area contributed by atoms with Crippen LogP contribution in [-0.4, -0.2) is 56.1 Å². The van der Waals surface area contributed by atoms with Crippen LogP contribution in [0.1, 0.15) is 18.4 Å². The average Bonchev–Trinajstić information content (AvgIpc) is 3.21. The van der Waals surface area contributed by atoms with Gasteiger partial charge < -0.3 is 14.4 Å². The molecule has 0 radical (unpaired) electrons. The molecule has 0 aliphatic carbocycles. The Balaban J connectivity index is 1.68. The second-order valence-corrected chi connectivity index (χ2v) is 6.32. The van der Waals surface area contributed by atoms with Crippen molar-refractivity contribution in [3.05, 3.63) is 29.8 Å². The maximum Gasteiger partial charge on any atom is 0.264 e. The van der Waals surface area contributed by atoms with E-state index in [0.717, 1.165) is 37.1 Å². The Morgan fingerprint density at radius 1 is 1.08 bits per heavy atom. The summed E-state index contributed by atoms with van der Waals surface area (Å²) in [6.45, 7) is 1.77. The lowest BCUT2D eigenvalue weighted by molar-refractivity contribution is -0.118. The molecule has 0 saturated carbocycles. The van der Waals surface area contributed by atoms with Crippen LogP contribution in [0.2, 0.25) is 0 Å². The molecule has 1 unspecified atom stereocenters. The Kier molecular flexibility index (Phi) is 4.28. The molecule has 0 spiro atoms. The normalized spacial score (nSPS) is 21.8.